The van der Waals surface area contributed by atoms with E-state index in [-0.39, 0.29) is 16.9 Å². The van der Waals surface area contributed by atoms with Crippen molar-refractivity contribution in [2.24, 2.45) is 0 Å². The molecule has 0 aliphatic heterocycles. The van der Waals surface area contributed by atoms with Gasteiger partial charge < -0.3 is 0 Å². The minimum atomic E-state index is -0.806. The minimum absolute atomic E-state index is 0.0301. The molecule has 0 bridgehead atoms. The van der Waals surface area contributed by atoms with E-state index < -0.39 is 23.3 Å². The van der Waals surface area contributed by atoms with E-state index in [1.807, 2.05) is 0 Å². The van der Waals surface area contributed by atoms with Crippen LogP contribution < -0.4 is 4.57 Å². The Labute approximate surface area is 123 Å². The largest absolute Gasteiger partial charge is 0.251 e. The molecule has 0 atom stereocenters. The van der Waals surface area contributed by atoms with Crippen molar-refractivity contribution in [1.29, 1.82) is 0 Å². The van der Waals surface area contributed by atoms with E-state index in [0.29, 0.717) is 0 Å². The van der Waals surface area contributed by atoms with Crippen LogP contribution in [0.15, 0.2) is 55.0 Å². The van der Waals surface area contributed by atoms with Crippen molar-refractivity contribution in [3.05, 3.63) is 78.3 Å². The number of aromatic nitrogens is 2. The quantitative estimate of drug-likeness (QED) is 0.522. The van der Waals surface area contributed by atoms with Gasteiger partial charge in [-0.1, -0.05) is 0 Å². The van der Waals surface area contributed by atoms with Gasteiger partial charge >= 0.3 is 0 Å². The fourth-order valence-corrected chi connectivity index (χ4v) is 2.14. The predicted octanol–water partition coefficient (Wildman–Crippen LogP) is 3.58. The van der Waals surface area contributed by atoms with Gasteiger partial charge in [0.15, 0.2) is 12.0 Å². The third-order valence-electron chi connectivity index (χ3n) is 3.13. The summed E-state index contributed by atoms with van der Waals surface area (Å²) < 4.78 is 55.3. The number of rotatable bonds is 2. The van der Waals surface area contributed by atoms with Gasteiger partial charge in [-0.25, -0.2) is 13.2 Å². The second kappa shape index (κ2) is 5.55. The monoisotopic (exact) mass is 305 g/mol. The lowest BCUT2D eigenvalue weighted by molar-refractivity contribution is -0.586. The van der Waals surface area contributed by atoms with Crippen LogP contribution in [0.2, 0.25) is 0 Å². The molecule has 0 unspecified atom stereocenters. The fraction of sp³-hybridized carbons (Fsp3) is 0. The molecule has 1 aromatic heterocycles. The first kappa shape index (κ1) is 14.2. The maximum atomic E-state index is 14.0. The van der Waals surface area contributed by atoms with Gasteiger partial charge in [0.2, 0.25) is 11.4 Å². The van der Waals surface area contributed by atoms with Crippen LogP contribution in [-0.2, 0) is 0 Å². The minimum Gasteiger partial charge on any atom is -0.251 e. The molecule has 0 saturated carbocycles. The lowest BCUT2D eigenvalue weighted by atomic mass is 10.1. The maximum Gasteiger partial charge on any atom is 0.247 e. The summed E-state index contributed by atoms with van der Waals surface area (Å²) in [6.45, 7) is 0. The Kier molecular flexibility index (Phi) is 3.58. The molecule has 1 heterocycles. The van der Waals surface area contributed by atoms with E-state index in [1.54, 1.807) is 0 Å². The molecule has 0 aliphatic rings. The number of hydrogen-bond acceptors (Lipinski definition) is 1. The Balaban J connectivity index is 2.22. The summed E-state index contributed by atoms with van der Waals surface area (Å²) in [5.74, 6) is -3.04. The molecule has 0 N–H and O–H groups in total. The highest BCUT2D eigenvalue weighted by molar-refractivity contribution is 5.56. The van der Waals surface area contributed by atoms with Gasteiger partial charge in [-0.05, 0) is 18.2 Å². The van der Waals surface area contributed by atoms with Gasteiger partial charge in [0.25, 0.3) is 0 Å². The smallest absolute Gasteiger partial charge is 0.247 e. The molecule has 3 aromatic rings. The zero-order valence-electron chi connectivity index (χ0n) is 11.1. The average Bonchev–Trinajstić information content (AvgIpc) is 2.48. The van der Waals surface area contributed by atoms with E-state index in [9.17, 15) is 17.6 Å². The van der Waals surface area contributed by atoms with Crippen molar-refractivity contribution >= 4 is 0 Å². The van der Waals surface area contributed by atoms with Gasteiger partial charge in [0.1, 0.15) is 17.5 Å². The molecule has 0 spiro atoms. The molecule has 6 heteroatoms. The van der Waals surface area contributed by atoms with Gasteiger partial charge in [0.05, 0.1) is 18.0 Å². The van der Waals surface area contributed by atoms with Crippen LogP contribution in [0.1, 0.15) is 0 Å². The molecule has 0 fully saturated rings. The second-order valence-electron chi connectivity index (χ2n) is 4.55. The third-order valence-corrected chi connectivity index (χ3v) is 3.13. The summed E-state index contributed by atoms with van der Waals surface area (Å²) in [4.78, 5) is 3.88. The van der Waals surface area contributed by atoms with Crippen LogP contribution in [0.25, 0.3) is 16.9 Å². The highest BCUT2D eigenvalue weighted by Crippen LogP contribution is 2.21. The lowest BCUT2D eigenvalue weighted by Crippen LogP contribution is -2.34. The zero-order valence-corrected chi connectivity index (χ0v) is 11.1. The average molecular weight is 305 g/mol. The summed E-state index contributed by atoms with van der Waals surface area (Å²) in [6, 6.07) is 6.11. The highest BCUT2D eigenvalue weighted by Gasteiger charge is 2.22. The standard InChI is InChI=1S/C16H9F4N2/c17-10-1-3-12(13(19)7-10)16-9-21-5-6-22(16)15-4-2-11(18)8-14(15)20/h1-9H/q+1. The SMILES string of the molecule is Fc1ccc(-c2cncc[n+]2-c2ccc(F)cc2F)c(F)c1. The number of halogens is 4. The van der Waals surface area contributed by atoms with Crippen LogP contribution in [0, 0.1) is 23.3 Å². The Morgan fingerprint density at radius 3 is 2.18 bits per heavy atom. The number of benzene rings is 2. The first-order valence-electron chi connectivity index (χ1n) is 6.33. The normalized spacial score (nSPS) is 10.7. The Bertz CT molecular complexity index is 779. The molecule has 0 amide bonds. The van der Waals surface area contributed by atoms with Crippen LogP contribution in [0.5, 0.6) is 0 Å². The summed E-state index contributed by atoms with van der Waals surface area (Å²) in [7, 11) is 0. The van der Waals surface area contributed by atoms with Crippen molar-refractivity contribution in [3.63, 3.8) is 0 Å². The van der Waals surface area contributed by atoms with Crippen LogP contribution in [-0.4, -0.2) is 4.98 Å². The van der Waals surface area contributed by atoms with Gasteiger partial charge in [-0.3, -0.25) is 4.98 Å². The first-order valence-corrected chi connectivity index (χ1v) is 6.33. The van der Waals surface area contributed by atoms with E-state index >= 15 is 0 Å². The van der Waals surface area contributed by atoms with Crippen LogP contribution in [0.3, 0.4) is 0 Å². The summed E-state index contributed by atoms with van der Waals surface area (Å²) >= 11 is 0. The molecule has 2 nitrogen and oxygen atoms in total. The predicted molar refractivity (Wildman–Crippen MR) is 71.0 cm³/mol. The fourth-order valence-electron chi connectivity index (χ4n) is 2.14. The molecule has 3 rings (SSSR count). The van der Waals surface area contributed by atoms with E-state index in [1.165, 1.54) is 35.3 Å². The second-order valence-corrected chi connectivity index (χ2v) is 4.55. The molecular formula is C16H9F4N2+. The first-order chi connectivity index (χ1) is 10.6. The van der Waals surface area contributed by atoms with Gasteiger partial charge in [-0.2, -0.15) is 8.96 Å². The lowest BCUT2D eigenvalue weighted by Gasteiger charge is -2.05. The summed E-state index contributed by atoms with van der Waals surface area (Å²) in [6.07, 6.45) is 4.11. The maximum absolute atomic E-state index is 14.0. The summed E-state index contributed by atoms with van der Waals surface area (Å²) in [5.41, 5.74) is 0.297. The molecule has 0 aliphatic carbocycles. The van der Waals surface area contributed by atoms with Gasteiger partial charge in [-0.15, -0.1) is 0 Å². The number of nitrogens with zero attached hydrogens (tertiary/aromatic N) is 2. The van der Waals surface area contributed by atoms with Crippen LogP contribution >= 0.6 is 0 Å². The van der Waals surface area contributed by atoms with Crippen LogP contribution in [0.4, 0.5) is 17.6 Å². The molecule has 0 saturated heterocycles. The van der Waals surface area contributed by atoms with Gasteiger partial charge in [0, 0.05) is 18.2 Å². The van der Waals surface area contributed by atoms with Crippen molar-refractivity contribution in [1.82, 2.24) is 4.98 Å². The summed E-state index contributed by atoms with van der Waals surface area (Å²) in [5, 5.41) is 0. The van der Waals surface area contributed by atoms with Crippen molar-refractivity contribution in [2.45, 2.75) is 0 Å². The molecule has 22 heavy (non-hydrogen) atoms. The Morgan fingerprint density at radius 1 is 0.818 bits per heavy atom. The van der Waals surface area contributed by atoms with Crippen molar-refractivity contribution < 1.29 is 22.1 Å². The van der Waals surface area contributed by atoms with E-state index in [2.05, 4.69) is 4.98 Å². The molecule has 0 radical (unpaired) electrons. The molecule has 2 aromatic carbocycles. The molecular weight excluding hydrogens is 296 g/mol. The number of hydrogen-bond donors (Lipinski definition) is 0. The van der Waals surface area contributed by atoms with Crippen molar-refractivity contribution in [2.75, 3.05) is 0 Å². The van der Waals surface area contributed by atoms with E-state index in [0.717, 1.165) is 24.3 Å². The van der Waals surface area contributed by atoms with Crippen molar-refractivity contribution in [3.8, 4) is 16.9 Å². The third kappa shape index (κ3) is 2.55. The Morgan fingerprint density at radius 2 is 1.50 bits per heavy atom. The van der Waals surface area contributed by atoms with E-state index in [4.69, 9.17) is 0 Å². The molecule has 110 valence electrons. The topological polar surface area (TPSA) is 16.8 Å². The zero-order chi connectivity index (χ0) is 15.7. The highest BCUT2D eigenvalue weighted by atomic mass is 19.1. The Hall–Kier alpha value is -2.76.